The number of hydrogen-bond donors (Lipinski definition) is 2. The normalized spacial score (nSPS) is 16.4. The summed E-state index contributed by atoms with van der Waals surface area (Å²) >= 11 is 0. The maximum Gasteiger partial charge on any atom is 0.407 e. The highest BCUT2D eigenvalue weighted by Gasteiger charge is 2.30. The number of rotatable bonds is 8. The van der Waals surface area contributed by atoms with Crippen molar-refractivity contribution in [3.63, 3.8) is 0 Å². The van der Waals surface area contributed by atoms with Gasteiger partial charge in [-0.25, -0.2) is 9.59 Å². The number of benzene rings is 2. The maximum atomic E-state index is 12.4. The van der Waals surface area contributed by atoms with Crippen LogP contribution in [0, 0.1) is 0 Å². The highest BCUT2D eigenvalue weighted by Crippen LogP contribution is 2.44. The SMILES string of the molecule is O=C(CC[C@H](NC(=O)OCC1c2ccccc2-c2ccccc21)C(=O)O)OC1CCCCC1. The molecule has 174 valence electrons. The van der Waals surface area contributed by atoms with Gasteiger partial charge in [0.2, 0.25) is 0 Å². The number of nitrogens with one attached hydrogen (secondary N) is 1. The molecule has 0 bridgehead atoms. The third-order valence-corrected chi connectivity index (χ3v) is 6.42. The summed E-state index contributed by atoms with van der Waals surface area (Å²) in [6.45, 7) is 0.0932. The van der Waals surface area contributed by atoms with E-state index in [0.29, 0.717) is 0 Å². The van der Waals surface area contributed by atoms with Crippen LogP contribution in [0.5, 0.6) is 0 Å². The highest BCUT2D eigenvalue weighted by molar-refractivity contribution is 5.81. The molecule has 4 rings (SSSR count). The number of carboxylic acids is 1. The molecule has 1 saturated carbocycles. The van der Waals surface area contributed by atoms with Gasteiger partial charge in [-0.05, 0) is 54.4 Å². The lowest BCUT2D eigenvalue weighted by molar-refractivity contribution is -0.151. The van der Waals surface area contributed by atoms with Crippen molar-refractivity contribution < 1.29 is 29.0 Å². The number of carbonyl (C=O) groups excluding carboxylic acids is 2. The van der Waals surface area contributed by atoms with Gasteiger partial charge in [-0.1, -0.05) is 55.0 Å². The van der Waals surface area contributed by atoms with Crippen molar-refractivity contribution in [2.75, 3.05) is 6.61 Å². The number of esters is 1. The van der Waals surface area contributed by atoms with Crippen LogP contribution >= 0.6 is 0 Å². The second kappa shape index (κ2) is 10.5. The largest absolute Gasteiger partial charge is 0.480 e. The molecule has 0 aromatic heterocycles. The fourth-order valence-electron chi connectivity index (χ4n) is 4.73. The number of fused-ring (bicyclic) bond motifs is 3. The van der Waals surface area contributed by atoms with E-state index in [2.05, 4.69) is 5.32 Å². The fourth-order valence-corrected chi connectivity index (χ4v) is 4.73. The quantitative estimate of drug-likeness (QED) is 0.567. The molecular weight excluding hydrogens is 422 g/mol. The van der Waals surface area contributed by atoms with Crippen molar-refractivity contribution in [2.45, 2.75) is 63.0 Å². The Bertz CT molecular complexity index is 968. The van der Waals surface area contributed by atoms with Crippen molar-refractivity contribution in [2.24, 2.45) is 0 Å². The summed E-state index contributed by atoms with van der Waals surface area (Å²) < 4.78 is 10.9. The van der Waals surface area contributed by atoms with E-state index < -0.39 is 24.1 Å². The number of hydrogen-bond acceptors (Lipinski definition) is 5. The van der Waals surface area contributed by atoms with E-state index in [9.17, 15) is 19.5 Å². The molecule has 0 unspecified atom stereocenters. The van der Waals surface area contributed by atoms with Gasteiger partial charge in [0, 0.05) is 12.3 Å². The van der Waals surface area contributed by atoms with Crippen molar-refractivity contribution in [3.8, 4) is 11.1 Å². The van der Waals surface area contributed by atoms with Gasteiger partial charge in [-0.2, -0.15) is 0 Å². The van der Waals surface area contributed by atoms with Gasteiger partial charge >= 0.3 is 18.0 Å². The maximum absolute atomic E-state index is 12.4. The molecule has 7 nitrogen and oxygen atoms in total. The Labute approximate surface area is 193 Å². The van der Waals surface area contributed by atoms with Crippen molar-refractivity contribution in [1.29, 1.82) is 0 Å². The monoisotopic (exact) mass is 451 g/mol. The van der Waals surface area contributed by atoms with Crippen LogP contribution < -0.4 is 5.32 Å². The van der Waals surface area contributed by atoms with Crippen LogP contribution in [0.4, 0.5) is 4.79 Å². The first kappa shape index (κ1) is 22.8. The Hall–Kier alpha value is -3.35. The molecule has 2 aliphatic carbocycles. The molecule has 1 atom stereocenters. The van der Waals surface area contributed by atoms with E-state index in [1.165, 1.54) is 0 Å². The number of alkyl carbamates (subject to hydrolysis) is 1. The van der Waals surface area contributed by atoms with Crippen LogP contribution in [0.2, 0.25) is 0 Å². The lowest BCUT2D eigenvalue weighted by Crippen LogP contribution is -2.41. The predicted molar refractivity (Wildman–Crippen MR) is 122 cm³/mol. The highest BCUT2D eigenvalue weighted by atomic mass is 16.6. The average molecular weight is 452 g/mol. The minimum Gasteiger partial charge on any atom is -0.480 e. The van der Waals surface area contributed by atoms with E-state index in [-0.39, 0.29) is 31.5 Å². The first-order chi connectivity index (χ1) is 16.0. The molecule has 0 aliphatic heterocycles. The van der Waals surface area contributed by atoms with Crippen molar-refractivity contribution >= 4 is 18.0 Å². The second-order valence-corrected chi connectivity index (χ2v) is 8.65. The molecule has 2 aromatic rings. The molecule has 0 heterocycles. The predicted octanol–water partition coefficient (Wildman–Crippen LogP) is 4.63. The summed E-state index contributed by atoms with van der Waals surface area (Å²) in [6.07, 6.45) is 3.92. The topological polar surface area (TPSA) is 102 Å². The summed E-state index contributed by atoms with van der Waals surface area (Å²) in [4.78, 5) is 36.1. The summed E-state index contributed by atoms with van der Waals surface area (Å²) in [5.41, 5.74) is 4.38. The zero-order valence-electron chi connectivity index (χ0n) is 18.5. The molecule has 2 aromatic carbocycles. The molecule has 1 fully saturated rings. The van der Waals surface area contributed by atoms with Crippen LogP contribution in [-0.4, -0.2) is 41.9 Å². The smallest absolute Gasteiger partial charge is 0.407 e. The average Bonchev–Trinajstić information content (AvgIpc) is 3.14. The van der Waals surface area contributed by atoms with Crippen molar-refractivity contribution in [3.05, 3.63) is 59.7 Å². The summed E-state index contributed by atoms with van der Waals surface area (Å²) in [5.74, 6) is -1.76. The molecule has 33 heavy (non-hydrogen) atoms. The standard InChI is InChI=1S/C26H29NO6/c28-24(33-17-8-2-1-3-9-17)15-14-23(25(29)30)27-26(31)32-16-22-20-12-6-4-10-18(20)19-11-5-7-13-21(19)22/h4-7,10-13,17,22-23H,1-3,8-9,14-16H2,(H,27,31)(H,29,30)/t23-/m0/s1. The summed E-state index contributed by atoms with van der Waals surface area (Å²) in [7, 11) is 0. The van der Waals surface area contributed by atoms with E-state index in [0.717, 1.165) is 54.4 Å². The molecule has 1 amide bonds. The zero-order valence-corrected chi connectivity index (χ0v) is 18.5. The molecule has 0 radical (unpaired) electrons. The summed E-state index contributed by atoms with van der Waals surface area (Å²) in [6, 6.07) is 14.7. The van der Waals surface area contributed by atoms with Gasteiger partial charge in [0.1, 0.15) is 18.8 Å². The lowest BCUT2D eigenvalue weighted by Gasteiger charge is -2.22. The number of amides is 1. The first-order valence-electron chi connectivity index (χ1n) is 11.6. The van der Waals surface area contributed by atoms with E-state index in [1.807, 2.05) is 48.5 Å². The third kappa shape index (κ3) is 5.53. The lowest BCUT2D eigenvalue weighted by atomic mass is 9.98. The number of carboxylic acid groups (broad SMARTS) is 1. The van der Waals surface area contributed by atoms with E-state index >= 15 is 0 Å². The Morgan fingerprint density at radius 2 is 1.55 bits per heavy atom. The van der Waals surface area contributed by atoms with Gasteiger partial charge in [-0.3, -0.25) is 4.79 Å². The molecule has 0 saturated heterocycles. The van der Waals surface area contributed by atoms with Crippen LogP contribution in [0.1, 0.15) is 62.0 Å². The minimum absolute atomic E-state index is 0.0505. The van der Waals surface area contributed by atoms with Gasteiger partial charge in [0.25, 0.3) is 0 Å². The van der Waals surface area contributed by atoms with E-state index in [4.69, 9.17) is 9.47 Å². The fraction of sp³-hybridized carbons (Fsp3) is 0.423. The number of carbonyl (C=O) groups is 3. The Kier molecular flexibility index (Phi) is 7.27. The molecule has 7 heteroatoms. The number of aliphatic carboxylic acids is 1. The van der Waals surface area contributed by atoms with Crippen LogP contribution in [-0.2, 0) is 19.1 Å². The van der Waals surface area contributed by atoms with Gasteiger partial charge in [0.15, 0.2) is 0 Å². The number of ether oxygens (including phenoxy) is 2. The zero-order chi connectivity index (χ0) is 23.2. The molecular formula is C26H29NO6. The Morgan fingerprint density at radius 3 is 2.15 bits per heavy atom. The van der Waals surface area contributed by atoms with Crippen LogP contribution in [0.25, 0.3) is 11.1 Å². The summed E-state index contributed by atoms with van der Waals surface area (Å²) in [5, 5.41) is 11.9. The van der Waals surface area contributed by atoms with Crippen LogP contribution in [0.3, 0.4) is 0 Å². The molecule has 2 N–H and O–H groups in total. The van der Waals surface area contributed by atoms with E-state index in [1.54, 1.807) is 0 Å². The van der Waals surface area contributed by atoms with Gasteiger partial charge < -0.3 is 19.9 Å². The first-order valence-corrected chi connectivity index (χ1v) is 11.6. The molecule has 2 aliphatic rings. The Balaban J connectivity index is 1.30. The van der Waals surface area contributed by atoms with Gasteiger partial charge in [0.05, 0.1) is 0 Å². The van der Waals surface area contributed by atoms with Crippen molar-refractivity contribution in [1.82, 2.24) is 5.32 Å². The second-order valence-electron chi connectivity index (χ2n) is 8.65. The molecule has 0 spiro atoms. The third-order valence-electron chi connectivity index (χ3n) is 6.42. The van der Waals surface area contributed by atoms with Crippen LogP contribution in [0.15, 0.2) is 48.5 Å². The Morgan fingerprint density at radius 1 is 0.939 bits per heavy atom. The van der Waals surface area contributed by atoms with Gasteiger partial charge in [-0.15, -0.1) is 0 Å². The minimum atomic E-state index is -1.22.